The van der Waals surface area contributed by atoms with Gasteiger partial charge in [0, 0.05) is 39.8 Å². The lowest BCUT2D eigenvalue weighted by Crippen LogP contribution is -2.37. The van der Waals surface area contributed by atoms with Gasteiger partial charge < -0.3 is 20.1 Å². The molecule has 1 saturated heterocycles. The summed E-state index contributed by atoms with van der Waals surface area (Å²) in [6, 6.07) is -0.0786. The molecule has 1 amide bonds. The van der Waals surface area contributed by atoms with Crippen LogP contribution in [0.2, 0.25) is 0 Å². The maximum Gasteiger partial charge on any atom is 0.224 e. The van der Waals surface area contributed by atoms with E-state index in [9.17, 15) is 4.79 Å². The molecule has 0 aromatic rings. The maximum atomic E-state index is 12.0. The topological polar surface area (TPSA) is 64.8 Å². The third-order valence-corrected chi connectivity index (χ3v) is 3.44. The van der Waals surface area contributed by atoms with E-state index in [0.717, 1.165) is 0 Å². The summed E-state index contributed by atoms with van der Waals surface area (Å²) in [6.45, 7) is 5.24. The molecule has 17 heavy (non-hydrogen) atoms. The molecule has 0 aliphatic carbocycles. The van der Waals surface area contributed by atoms with Gasteiger partial charge in [0.2, 0.25) is 5.91 Å². The number of carbonyl (C=O) groups is 1. The molecule has 5 nitrogen and oxygen atoms in total. The van der Waals surface area contributed by atoms with Gasteiger partial charge in [-0.2, -0.15) is 0 Å². The second-order valence-electron chi connectivity index (χ2n) is 4.96. The summed E-state index contributed by atoms with van der Waals surface area (Å²) in [6.07, 6.45) is 0.336. The third-order valence-electron chi connectivity index (χ3n) is 3.44. The molecule has 0 aromatic heterocycles. The first kappa shape index (κ1) is 14.4. The molecule has 1 fully saturated rings. The van der Waals surface area contributed by atoms with Crippen molar-refractivity contribution < 1.29 is 14.3 Å². The summed E-state index contributed by atoms with van der Waals surface area (Å²) in [7, 11) is 3.29. The Hall–Kier alpha value is -0.650. The molecule has 0 radical (unpaired) electrons. The van der Waals surface area contributed by atoms with Crippen LogP contribution < -0.4 is 5.73 Å². The zero-order valence-corrected chi connectivity index (χ0v) is 11.2. The molecule has 5 heteroatoms. The predicted octanol–water partition coefficient (Wildman–Crippen LogP) is 0.232. The number of likely N-dealkylation sites (tertiary alicyclic amines) is 1. The first-order valence-corrected chi connectivity index (χ1v) is 6.08. The second kappa shape index (κ2) is 6.33. The molecule has 1 aliphatic rings. The lowest BCUT2D eigenvalue weighted by Gasteiger charge is -2.20. The third kappa shape index (κ3) is 3.66. The molecule has 0 saturated carbocycles. The Labute approximate surface area is 103 Å². The highest BCUT2D eigenvalue weighted by atomic mass is 16.5. The minimum atomic E-state index is -0.0786. The van der Waals surface area contributed by atoms with Gasteiger partial charge >= 0.3 is 0 Å². The molecule has 0 aromatic carbocycles. The fourth-order valence-electron chi connectivity index (χ4n) is 1.97. The Kier molecular flexibility index (Phi) is 5.36. The van der Waals surface area contributed by atoms with Gasteiger partial charge in [-0.15, -0.1) is 0 Å². The molecule has 2 N–H and O–H groups in total. The van der Waals surface area contributed by atoms with Crippen molar-refractivity contribution in [3.8, 4) is 0 Å². The Morgan fingerprint density at radius 1 is 1.29 bits per heavy atom. The summed E-state index contributed by atoms with van der Waals surface area (Å²) in [5, 5.41) is 0. The Bertz CT molecular complexity index is 246. The standard InChI is InChI=1S/C12H24N2O3/c1-8(2)9(13)5-12(15)14-6-10(16-3)11(7-14)17-4/h8-11H,5-7,13H2,1-4H3. The number of rotatable bonds is 5. The fourth-order valence-corrected chi connectivity index (χ4v) is 1.97. The van der Waals surface area contributed by atoms with Gasteiger partial charge in [0.05, 0.1) is 0 Å². The highest BCUT2D eigenvalue weighted by Crippen LogP contribution is 2.17. The van der Waals surface area contributed by atoms with E-state index >= 15 is 0 Å². The number of methoxy groups -OCH3 is 2. The summed E-state index contributed by atoms with van der Waals surface area (Å²) in [5.74, 6) is 0.408. The average Bonchev–Trinajstić information content (AvgIpc) is 2.71. The van der Waals surface area contributed by atoms with E-state index in [1.54, 1.807) is 19.1 Å². The van der Waals surface area contributed by atoms with Crippen molar-refractivity contribution in [2.24, 2.45) is 11.7 Å². The van der Waals surface area contributed by atoms with Crippen molar-refractivity contribution in [3.63, 3.8) is 0 Å². The molecule has 3 unspecified atom stereocenters. The molecule has 1 aliphatic heterocycles. The van der Waals surface area contributed by atoms with Crippen LogP contribution in [-0.4, -0.2) is 56.4 Å². The van der Waals surface area contributed by atoms with Gasteiger partial charge in [-0.05, 0) is 5.92 Å². The van der Waals surface area contributed by atoms with Crippen molar-refractivity contribution in [1.29, 1.82) is 0 Å². The van der Waals surface area contributed by atoms with Crippen LogP contribution in [0.15, 0.2) is 0 Å². The Balaban J connectivity index is 2.49. The SMILES string of the molecule is COC1CN(C(=O)CC(N)C(C)C)CC1OC. The first-order valence-electron chi connectivity index (χ1n) is 6.08. The minimum Gasteiger partial charge on any atom is -0.377 e. The zero-order valence-electron chi connectivity index (χ0n) is 11.2. The lowest BCUT2D eigenvalue weighted by atomic mass is 10.0. The number of carbonyl (C=O) groups excluding carboxylic acids is 1. The van der Waals surface area contributed by atoms with Gasteiger partial charge in [0.15, 0.2) is 0 Å². The van der Waals surface area contributed by atoms with Crippen LogP contribution in [-0.2, 0) is 14.3 Å². The fraction of sp³-hybridized carbons (Fsp3) is 0.917. The maximum absolute atomic E-state index is 12.0. The first-order chi connectivity index (χ1) is 7.99. The van der Waals surface area contributed by atoms with E-state index in [1.807, 2.05) is 13.8 Å². The monoisotopic (exact) mass is 244 g/mol. The van der Waals surface area contributed by atoms with Crippen molar-refractivity contribution in [1.82, 2.24) is 4.90 Å². The Morgan fingerprint density at radius 3 is 2.12 bits per heavy atom. The van der Waals surface area contributed by atoms with Crippen LogP contribution in [0.3, 0.4) is 0 Å². The normalized spacial score (nSPS) is 26.6. The van der Waals surface area contributed by atoms with Crippen LogP contribution >= 0.6 is 0 Å². The molecule has 3 atom stereocenters. The number of nitrogens with zero attached hydrogens (tertiary/aromatic N) is 1. The predicted molar refractivity (Wildman–Crippen MR) is 65.6 cm³/mol. The van der Waals surface area contributed by atoms with Crippen molar-refractivity contribution >= 4 is 5.91 Å². The smallest absolute Gasteiger partial charge is 0.224 e. The summed E-state index contributed by atoms with van der Waals surface area (Å²) in [4.78, 5) is 13.8. The highest BCUT2D eigenvalue weighted by molar-refractivity contribution is 5.77. The van der Waals surface area contributed by atoms with E-state index < -0.39 is 0 Å². The largest absolute Gasteiger partial charge is 0.377 e. The van der Waals surface area contributed by atoms with E-state index in [-0.39, 0.29) is 24.2 Å². The molecule has 1 heterocycles. The number of hydrogen-bond acceptors (Lipinski definition) is 4. The summed E-state index contributed by atoms with van der Waals surface area (Å²) in [5.41, 5.74) is 5.91. The molecule has 0 spiro atoms. The summed E-state index contributed by atoms with van der Waals surface area (Å²) < 4.78 is 10.6. The van der Waals surface area contributed by atoms with Crippen LogP contribution in [0.1, 0.15) is 20.3 Å². The quantitative estimate of drug-likeness (QED) is 0.752. The Morgan fingerprint density at radius 2 is 1.76 bits per heavy atom. The van der Waals surface area contributed by atoms with E-state index in [4.69, 9.17) is 15.2 Å². The number of amides is 1. The van der Waals surface area contributed by atoms with Crippen LogP contribution in [0.5, 0.6) is 0 Å². The van der Waals surface area contributed by atoms with Gasteiger partial charge in [0.25, 0.3) is 0 Å². The molecular weight excluding hydrogens is 220 g/mol. The molecule has 0 bridgehead atoms. The molecule has 1 rings (SSSR count). The minimum absolute atomic E-state index is 0.0285. The van der Waals surface area contributed by atoms with Gasteiger partial charge in [0.1, 0.15) is 12.2 Å². The van der Waals surface area contributed by atoms with Gasteiger partial charge in [-0.3, -0.25) is 4.79 Å². The van der Waals surface area contributed by atoms with Crippen molar-refractivity contribution in [3.05, 3.63) is 0 Å². The number of nitrogens with two attached hydrogens (primary N) is 1. The average molecular weight is 244 g/mol. The van der Waals surface area contributed by atoms with Crippen LogP contribution in [0.25, 0.3) is 0 Å². The van der Waals surface area contributed by atoms with E-state index in [1.165, 1.54) is 0 Å². The number of hydrogen-bond donors (Lipinski definition) is 1. The molecule has 100 valence electrons. The second-order valence-corrected chi connectivity index (χ2v) is 4.96. The van der Waals surface area contributed by atoms with Gasteiger partial charge in [-0.25, -0.2) is 0 Å². The molecular formula is C12H24N2O3. The lowest BCUT2D eigenvalue weighted by molar-refractivity contribution is -0.131. The zero-order chi connectivity index (χ0) is 13.0. The van der Waals surface area contributed by atoms with Crippen LogP contribution in [0.4, 0.5) is 0 Å². The number of ether oxygens (including phenoxy) is 2. The van der Waals surface area contributed by atoms with Gasteiger partial charge in [-0.1, -0.05) is 13.8 Å². The van der Waals surface area contributed by atoms with Crippen molar-refractivity contribution in [2.75, 3.05) is 27.3 Å². The van der Waals surface area contributed by atoms with E-state index in [2.05, 4.69) is 0 Å². The highest BCUT2D eigenvalue weighted by Gasteiger charge is 2.35. The van der Waals surface area contributed by atoms with E-state index in [0.29, 0.717) is 25.4 Å². The summed E-state index contributed by atoms with van der Waals surface area (Å²) >= 11 is 0. The van der Waals surface area contributed by atoms with Crippen LogP contribution in [0, 0.1) is 5.92 Å². The van der Waals surface area contributed by atoms with Crippen molar-refractivity contribution in [2.45, 2.75) is 38.5 Å².